The van der Waals surface area contributed by atoms with Crippen LogP contribution in [0.15, 0.2) is 0 Å². The first-order chi connectivity index (χ1) is 7.47. The Morgan fingerprint density at radius 2 is 2.00 bits per heavy atom. The SMILES string of the molecule is CC(CCN)CCC(=O)NCC(O)C(N)=O. The van der Waals surface area contributed by atoms with Gasteiger partial charge in [-0.1, -0.05) is 6.92 Å². The Morgan fingerprint density at radius 3 is 2.50 bits per heavy atom. The van der Waals surface area contributed by atoms with Gasteiger partial charge in [-0.2, -0.15) is 0 Å². The van der Waals surface area contributed by atoms with Crippen molar-refractivity contribution in [2.24, 2.45) is 17.4 Å². The fourth-order valence-electron chi connectivity index (χ4n) is 1.21. The predicted octanol–water partition coefficient (Wildman–Crippen LogP) is -1.29. The normalized spacial score (nSPS) is 14.2. The van der Waals surface area contributed by atoms with Crippen molar-refractivity contribution in [1.82, 2.24) is 5.32 Å². The van der Waals surface area contributed by atoms with Gasteiger partial charge in [-0.15, -0.1) is 0 Å². The van der Waals surface area contributed by atoms with Gasteiger partial charge in [0.05, 0.1) is 6.54 Å². The van der Waals surface area contributed by atoms with Crippen LogP contribution in [0.1, 0.15) is 26.2 Å². The molecule has 0 aromatic carbocycles. The van der Waals surface area contributed by atoms with Crippen LogP contribution in [0.5, 0.6) is 0 Å². The average Bonchev–Trinajstić information content (AvgIpc) is 2.23. The Morgan fingerprint density at radius 1 is 1.38 bits per heavy atom. The highest BCUT2D eigenvalue weighted by Crippen LogP contribution is 2.08. The molecule has 0 fully saturated rings. The summed E-state index contributed by atoms with van der Waals surface area (Å²) in [5, 5.41) is 11.5. The fourth-order valence-corrected chi connectivity index (χ4v) is 1.21. The molecule has 0 radical (unpaired) electrons. The molecule has 0 bridgehead atoms. The number of hydrogen-bond acceptors (Lipinski definition) is 4. The van der Waals surface area contributed by atoms with Crippen molar-refractivity contribution in [3.8, 4) is 0 Å². The highest BCUT2D eigenvalue weighted by atomic mass is 16.3. The van der Waals surface area contributed by atoms with E-state index >= 15 is 0 Å². The van der Waals surface area contributed by atoms with Crippen LogP contribution in [0, 0.1) is 5.92 Å². The first kappa shape index (κ1) is 14.9. The summed E-state index contributed by atoms with van der Waals surface area (Å²) in [5.41, 5.74) is 10.2. The summed E-state index contributed by atoms with van der Waals surface area (Å²) in [5.74, 6) is -0.627. The first-order valence-electron chi connectivity index (χ1n) is 5.41. The molecule has 2 unspecified atom stereocenters. The summed E-state index contributed by atoms with van der Waals surface area (Å²) in [6.07, 6.45) is 0.685. The second kappa shape index (κ2) is 8.06. The molecule has 0 rings (SSSR count). The number of aliphatic hydroxyl groups is 1. The third-order valence-electron chi connectivity index (χ3n) is 2.34. The van der Waals surface area contributed by atoms with Gasteiger partial charge in [-0.25, -0.2) is 0 Å². The van der Waals surface area contributed by atoms with E-state index in [2.05, 4.69) is 5.32 Å². The minimum atomic E-state index is -1.31. The molecule has 6 heteroatoms. The largest absolute Gasteiger partial charge is 0.381 e. The standard InChI is InChI=1S/C10H21N3O3/c1-7(4-5-11)2-3-9(15)13-6-8(14)10(12)16/h7-8,14H,2-6,11H2,1H3,(H2,12,16)(H,13,15). The second-order valence-corrected chi connectivity index (χ2v) is 3.94. The van der Waals surface area contributed by atoms with E-state index in [1.165, 1.54) is 0 Å². The number of carbonyl (C=O) groups is 2. The maximum Gasteiger partial charge on any atom is 0.248 e. The van der Waals surface area contributed by atoms with Gasteiger partial charge < -0.3 is 21.9 Å². The highest BCUT2D eigenvalue weighted by molar-refractivity contribution is 5.80. The minimum Gasteiger partial charge on any atom is -0.381 e. The van der Waals surface area contributed by atoms with Crippen LogP contribution in [-0.4, -0.2) is 36.1 Å². The lowest BCUT2D eigenvalue weighted by Gasteiger charge is -2.11. The van der Waals surface area contributed by atoms with E-state index in [4.69, 9.17) is 16.6 Å². The Kier molecular flexibility index (Phi) is 7.49. The number of hydrogen-bond donors (Lipinski definition) is 4. The van der Waals surface area contributed by atoms with Crippen LogP contribution >= 0.6 is 0 Å². The third-order valence-corrected chi connectivity index (χ3v) is 2.34. The molecule has 0 aliphatic heterocycles. The fraction of sp³-hybridized carbons (Fsp3) is 0.800. The lowest BCUT2D eigenvalue weighted by molar-refractivity contribution is -0.127. The summed E-state index contributed by atoms with van der Waals surface area (Å²) < 4.78 is 0. The molecular weight excluding hydrogens is 210 g/mol. The number of amides is 2. The van der Waals surface area contributed by atoms with Gasteiger partial charge in [0.15, 0.2) is 0 Å². The van der Waals surface area contributed by atoms with Crippen molar-refractivity contribution in [1.29, 1.82) is 0 Å². The van der Waals surface area contributed by atoms with Crippen LogP contribution in [0.2, 0.25) is 0 Å². The van der Waals surface area contributed by atoms with Crippen molar-refractivity contribution in [2.75, 3.05) is 13.1 Å². The number of aliphatic hydroxyl groups excluding tert-OH is 1. The van der Waals surface area contributed by atoms with Gasteiger partial charge >= 0.3 is 0 Å². The van der Waals surface area contributed by atoms with Crippen LogP contribution < -0.4 is 16.8 Å². The molecule has 16 heavy (non-hydrogen) atoms. The van der Waals surface area contributed by atoms with E-state index < -0.39 is 12.0 Å². The van der Waals surface area contributed by atoms with Gasteiger partial charge in [0.1, 0.15) is 6.10 Å². The lowest BCUT2D eigenvalue weighted by atomic mass is 10.0. The molecule has 0 aromatic rings. The molecule has 6 nitrogen and oxygen atoms in total. The van der Waals surface area contributed by atoms with Crippen molar-refractivity contribution in [3.63, 3.8) is 0 Å². The predicted molar refractivity (Wildman–Crippen MR) is 60.3 cm³/mol. The van der Waals surface area contributed by atoms with Gasteiger partial charge in [-0.3, -0.25) is 9.59 Å². The first-order valence-corrected chi connectivity index (χ1v) is 5.41. The van der Waals surface area contributed by atoms with Gasteiger partial charge in [-0.05, 0) is 25.3 Å². The van der Waals surface area contributed by atoms with Crippen molar-refractivity contribution in [3.05, 3.63) is 0 Å². The molecule has 2 atom stereocenters. The topological polar surface area (TPSA) is 118 Å². The zero-order chi connectivity index (χ0) is 12.6. The number of primary amides is 1. The van der Waals surface area contributed by atoms with E-state index in [-0.39, 0.29) is 12.5 Å². The Bertz CT molecular complexity index is 233. The summed E-state index contributed by atoms with van der Waals surface area (Å²) >= 11 is 0. The molecule has 0 aliphatic carbocycles. The molecule has 0 aliphatic rings. The van der Waals surface area contributed by atoms with Gasteiger partial charge in [0.25, 0.3) is 0 Å². The van der Waals surface area contributed by atoms with Crippen molar-refractivity contribution in [2.45, 2.75) is 32.3 Å². The van der Waals surface area contributed by atoms with Crippen LogP contribution in [0.3, 0.4) is 0 Å². The molecular formula is C10H21N3O3. The minimum absolute atomic E-state index is 0.126. The number of nitrogens with one attached hydrogen (secondary N) is 1. The maximum absolute atomic E-state index is 11.3. The van der Waals surface area contributed by atoms with Crippen molar-refractivity contribution >= 4 is 11.8 Å². The van der Waals surface area contributed by atoms with Crippen LogP contribution in [0.25, 0.3) is 0 Å². The maximum atomic E-state index is 11.3. The van der Waals surface area contributed by atoms with E-state index in [9.17, 15) is 9.59 Å². The van der Waals surface area contributed by atoms with Crippen LogP contribution in [-0.2, 0) is 9.59 Å². The van der Waals surface area contributed by atoms with Gasteiger partial charge in [0.2, 0.25) is 11.8 Å². The van der Waals surface area contributed by atoms with Gasteiger partial charge in [0, 0.05) is 6.42 Å². The molecule has 6 N–H and O–H groups in total. The molecule has 94 valence electrons. The Labute approximate surface area is 95.4 Å². The van der Waals surface area contributed by atoms with Crippen LogP contribution in [0.4, 0.5) is 0 Å². The molecule has 0 saturated heterocycles. The summed E-state index contributed by atoms with van der Waals surface area (Å²) in [4.78, 5) is 21.7. The Hall–Kier alpha value is -1.14. The molecule has 0 spiro atoms. The van der Waals surface area contributed by atoms with E-state index in [1.807, 2.05) is 6.92 Å². The number of rotatable bonds is 8. The highest BCUT2D eigenvalue weighted by Gasteiger charge is 2.12. The molecule has 0 heterocycles. The number of nitrogens with two attached hydrogens (primary N) is 2. The second-order valence-electron chi connectivity index (χ2n) is 3.94. The third kappa shape index (κ3) is 7.19. The smallest absolute Gasteiger partial charge is 0.248 e. The molecule has 0 aromatic heterocycles. The van der Waals surface area contributed by atoms with E-state index in [1.54, 1.807) is 0 Å². The summed E-state index contributed by atoms with van der Waals surface area (Å²) in [6.45, 7) is 2.51. The molecule has 2 amide bonds. The van der Waals surface area contributed by atoms with E-state index in [0.717, 1.165) is 12.8 Å². The zero-order valence-corrected chi connectivity index (χ0v) is 9.61. The monoisotopic (exact) mass is 231 g/mol. The Balaban J connectivity index is 3.63. The van der Waals surface area contributed by atoms with Crippen molar-refractivity contribution < 1.29 is 14.7 Å². The summed E-state index contributed by atoms with van der Waals surface area (Å²) in [7, 11) is 0. The quantitative estimate of drug-likeness (QED) is 0.416. The zero-order valence-electron chi connectivity index (χ0n) is 9.61. The summed E-state index contributed by atoms with van der Waals surface area (Å²) in [6, 6.07) is 0. The van der Waals surface area contributed by atoms with E-state index in [0.29, 0.717) is 18.9 Å². The number of carbonyl (C=O) groups excluding carboxylic acids is 2. The lowest BCUT2D eigenvalue weighted by Crippen LogP contribution is -2.40. The molecule has 0 saturated carbocycles. The average molecular weight is 231 g/mol.